The Morgan fingerprint density at radius 3 is 1.09 bits per heavy atom. The normalized spacial score (nSPS) is 15.4. The molecule has 0 amide bonds. The molecule has 10 aromatic rings. The van der Waals surface area contributed by atoms with Gasteiger partial charge in [-0.25, -0.2) is 8.78 Å². The molecule has 0 saturated carbocycles. The van der Waals surface area contributed by atoms with Crippen molar-refractivity contribution in [3.63, 3.8) is 0 Å². The molecule has 0 radical (unpaired) electrons. The van der Waals surface area contributed by atoms with Gasteiger partial charge in [-0.3, -0.25) is 0 Å². The topological polar surface area (TPSA) is 68.8 Å². The number of ether oxygens (including phenoxy) is 2. The fraction of sp³-hybridized carbons (Fsp3) is 0.415. The van der Waals surface area contributed by atoms with Crippen LogP contribution in [0.5, 0.6) is 23.0 Å². The molecule has 5 heterocycles. The predicted molar refractivity (Wildman–Crippen MR) is 374 cm³/mol. The van der Waals surface area contributed by atoms with E-state index in [9.17, 15) is 10.2 Å². The lowest BCUT2D eigenvalue weighted by Crippen LogP contribution is -2.29. The van der Waals surface area contributed by atoms with Gasteiger partial charge in [-0.15, -0.1) is 0 Å². The number of fused-ring (bicyclic) bond motifs is 3. The Hall–Kier alpha value is -7.58. The van der Waals surface area contributed by atoms with E-state index >= 15 is 8.78 Å². The molecule has 0 spiro atoms. The Balaban J connectivity index is 1.18. The number of phenols is 2. The van der Waals surface area contributed by atoms with E-state index in [0.717, 1.165) is 74.0 Å². The molecule has 2 aromatic heterocycles. The van der Waals surface area contributed by atoms with Crippen LogP contribution in [0.2, 0.25) is 0 Å². The third-order valence-electron chi connectivity index (χ3n) is 19.1. The third kappa shape index (κ3) is 12.1. The molecular formula is C82H96F2N2O4. The number of nitrogens with zero attached hydrogens (tertiary/aromatic N) is 2. The lowest BCUT2D eigenvalue weighted by Gasteiger charge is -2.36. The minimum Gasteiger partial charge on any atom is -0.505 e. The first-order valence-electron chi connectivity index (χ1n) is 32.5. The van der Waals surface area contributed by atoms with Gasteiger partial charge in [-0.05, 0) is 205 Å². The van der Waals surface area contributed by atoms with Gasteiger partial charge >= 0.3 is 0 Å². The van der Waals surface area contributed by atoms with Crippen LogP contribution in [-0.4, -0.2) is 32.6 Å². The van der Waals surface area contributed by atoms with Crippen LogP contribution < -0.4 is 9.47 Å². The summed E-state index contributed by atoms with van der Waals surface area (Å²) in [4.78, 5) is 0. The van der Waals surface area contributed by atoms with Crippen molar-refractivity contribution in [2.75, 3.05) is 13.2 Å². The van der Waals surface area contributed by atoms with Crippen LogP contribution in [0, 0.1) is 22.5 Å². The Kier molecular flexibility index (Phi) is 15.7. The van der Waals surface area contributed by atoms with Gasteiger partial charge in [0.1, 0.15) is 34.6 Å². The smallest absolute Gasteiger partial charge is 0.147 e. The summed E-state index contributed by atoms with van der Waals surface area (Å²) in [6.07, 6.45) is 2.86. The first kappa shape index (κ1) is 64.0. The summed E-state index contributed by atoms with van der Waals surface area (Å²) in [6.45, 7) is 45.8. The maximum absolute atomic E-state index is 16.0. The Morgan fingerprint density at radius 1 is 0.400 bits per heavy atom. The SMILES string of the molecule is CC(C)(C)CC(C)(C)c1cc2c(O)c(c1)-n1c3ccc(C(C)(C)C)cc3c3cc(ccc31)C(C)(C)CC(C)(C)c1ccc3c(c1)c1cc(C(C)(C)C)ccc1n3-c1cc(C(C)(C)CC(C)(C)C)cc(c1O)-c1cc(F)ccc1OCCCOc1ccc(F)cc1-2. The molecule has 0 unspecified atom stereocenters. The Morgan fingerprint density at radius 2 is 0.744 bits per heavy atom. The zero-order valence-corrected chi connectivity index (χ0v) is 57.3. The molecular weight excluding hydrogens is 1110 g/mol. The molecule has 12 bridgehead atoms. The van der Waals surface area contributed by atoms with Crippen molar-refractivity contribution >= 4 is 43.6 Å². The van der Waals surface area contributed by atoms with Gasteiger partial charge in [-0.1, -0.05) is 163 Å². The second-order valence-electron chi connectivity index (χ2n) is 33.4. The summed E-state index contributed by atoms with van der Waals surface area (Å²) in [5.41, 5.74) is 11.7. The van der Waals surface area contributed by atoms with Crippen LogP contribution in [0.3, 0.4) is 0 Å². The van der Waals surface area contributed by atoms with Crippen molar-refractivity contribution in [2.45, 2.75) is 197 Å². The maximum atomic E-state index is 16.0. The van der Waals surface area contributed by atoms with E-state index in [2.05, 4.69) is 233 Å². The number of aromatic hydroxyl groups is 2. The minimum absolute atomic E-state index is 0.0120. The summed E-state index contributed by atoms with van der Waals surface area (Å²) in [7, 11) is 0. The lowest BCUT2D eigenvalue weighted by molar-refractivity contribution is 0.248. The minimum atomic E-state index is -0.459. The van der Waals surface area contributed by atoms with Crippen LogP contribution in [0.25, 0.3) is 77.2 Å². The number of hydrogen-bond donors (Lipinski definition) is 2. The summed E-state index contributed by atoms with van der Waals surface area (Å²) in [6, 6.07) is 44.6. The maximum Gasteiger partial charge on any atom is 0.147 e. The highest BCUT2D eigenvalue weighted by molar-refractivity contribution is 6.11. The van der Waals surface area contributed by atoms with Gasteiger partial charge < -0.3 is 28.8 Å². The first-order chi connectivity index (χ1) is 41.7. The van der Waals surface area contributed by atoms with Crippen molar-refractivity contribution in [2.24, 2.45) is 10.8 Å². The van der Waals surface area contributed by atoms with Crippen LogP contribution in [-0.2, 0) is 32.5 Å². The van der Waals surface area contributed by atoms with Crippen LogP contribution in [0.15, 0.2) is 133 Å². The molecule has 0 saturated heterocycles. The van der Waals surface area contributed by atoms with E-state index in [1.165, 1.54) is 46.5 Å². The van der Waals surface area contributed by atoms with E-state index in [4.69, 9.17) is 9.47 Å². The molecule has 6 nitrogen and oxygen atoms in total. The average Bonchev–Trinajstić information content (AvgIpc) is 1.55. The summed E-state index contributed by atoms with van der Waals surface area (Å²) >= 11 is 0. The van der Waals surface area contributed by atoms with E-state index in [1.807, 2.05) is 12.1 Å². The molecule has 2 N–H and O–H groups in total. The highest BCUT2D eigenvalue weighted by Crippen LogP contribution is 2.52. The molecule has 8 heteroatoms. The Bertz CT molecular complexity index is 4180. The first-order valence-corrected chi connectivity index (χ1v) is 32.5. The molecule has 13 rings (SSSR count). The summed E-state index contributed by atoms with van der Waals surface area (Å²) < 4.78 is 49.7. The average molecular weight is 1210 g/mol. The van der Waals surface area contributed by atoms with Gasteiger partial charge in [-0.2, -0.15) is 0 Å². The van der Waals surface area contributed by atoms with Crippen molar-refractivity contribution in [1.29, 1.82) is 0 Å². The van der Waals surface area contributed by atoms with Gasteiger partial charge in [0.25, 0.3) is 0 Å². The third-order valence-corrected chi connectivity index (χ3v) is 19.1. The highest BCUT2D eigenvalue weighted by atomic mass is 19.1. The molecule has 90 heavy (non-hydrogen) atoms. The summed E-state index contributed by atoms with van der Waals surface area (Å²) in [5, 5.41) is 30.7. The molecule has 0 fully saturated rings. The van der Waals surface area contributed by atoms with E-state index in [-0.39, 0.29) is 68.0 Å². The van der Waals surface area contributed by atoms with Crippen molar-refractivity contribution < 1.29 is 28.5 Å². The van der Waals surface area contributed by atoms with Gasteiger partial charge in [0.2, 0.25) is 0 Å². The number of rotatable bonds is 4. The van der Waals surface area contributed by atoms with Crippen molar-refractivity contribution in [3.8, 4) is 56.6 Å². The standard InChI is InChI=1S/C82H96F2N2O4/c1-75(2,3)46-79(13,14)53-40-63-61-44-55(83)26-32-71(61)89-34-21-35-90-72-33-27-56(84)45-62(72)64-41-54(80(15,16)47-76(4,5)6)43-70(74(64)88)86-66-29-23-50(78(10,11)12)37-58(66)60-39-52(25-31-68(60)86)82(19,20)48-81(17,18)51-24-30-67-59(38-51)57-36-49(77(7,8)9)22-28-65(57)85(67)69(42-53)73(63)87/h22-33,36-45,87-88H,21,34-35,46-48H2,1-20H3. The molecule has 8 aromatic carbocycles. The number of benzene rings is 8. The number of hydrogen-bond acceptors (Lipinski definition) is 4. The largest absolute Gasteiger partial charge is 0.505 e. The lowest BCUT2D eigenvalue weighted by atomic mass is 9.68. The second-order valence-corrected chi connectivity index (χ2v) is 33.4. The van der Waals surface area contributed by atoms with Crippen LogP contribution >= 0.6 is 0 Å². The van der Waals surface area contributed by atoms with E-state index in [1.54, 1.807) is 12.1 Å². The van der Waals surface area contributed by atoms with Gasteiger partial charge in [0, 0.05) is 50.2 Å². The van der Waals surface area contributed by atoms with Crippen molar-refractivity contribution in [3.05, 3.63) is 178 Å². The van der Waals surface area contributed by atoms with E-state index in [0.29, 0.717) is 51.5 Å². The van der Waals surface area contributed by atoms with E-state index < -0.39 is 11.6 Å². The summed E-state index contributed by atoms with van der Waals surface area (Å²) in [5.74, 6) is -0.0730. The Labute approximate surface area is 534 Å². The fourth-order valence-electron chi connectivity index (χ4n) is 15.4. The number of phenolic OH excluding ortho intramolecular Hbond substituents is 2. The quantitative estimate of drug-likeness (QED) is 0.184. The predicted octanol–water partition coefficient (Wildman–Crippen LogP) is 22.7. The van der Waals surface area contributed by atoms with Gasteiger partial charge in [0.05, 0.1) is 46.7 Å². The second kappa shape index (κ2) is 22.1. The van der Waals surface area contributed by atoms with Gasteiger partial charge in [0.15, 0.2) is 0 Å². The molecule has 0 atom stereocenters. The monoisotopic (exact) mass is 1210 g/mol. The molecule has 0 aliphatic carbocycles. The number of aromatic nitrogens is 2. The molecule has 3 aliphatic rings. The van der Waals surface area contributed by atoms with Crippen LogP contribution in [0.4, 0.5) is 8.78 Å². The van der Waals surface area contributed by atoms with Crippen LogP contribution in [0.1, 0.15) is 198 Å². The zero-order chi connectivity index (χ0) is 65.4. The van der Waals surface area contributed by atoms with Crippen molar-refractivity contribution in [1.82, 2.24) is 9.13 Å². The zero-order valence-electron chi connectivity index (χ0n) is 57.3. The molecule has 3 aliphatic heterocycles. The number of halogens is 2. The molecule has 472 valence electrons. The fourth-order valence-corrected chi connectivity index (χ4v) is 15.4. The highest BCUT2D eigenvalue weighted by Gasteiger charge is 2.36.